The van der Waals surface area contributed by atoms with Gasteiger partial charge in [-0.2, -0.15) is 0 Å². The van der Waals surface area contributed by atoms with Gasteiger partial charge in [0.15, 0.2) is 0 Å². The first-order valence-electron chi connectivity index (χ1n) is 6.87. The van der Waals surface area contributed by atoms with Crippen molar-refractivity contribution in [1.82, 2.24) is 0 Å². The predicted molar refractivity (Wildman–Crippen MR) is 87.3 cm³/mol. The zero-order chi connectivity index (χ0) is 15.0. The maximum atomic E-state index is 11.4. The second-order valence-electron chi connectivity index (χ2n) is 5.34. The number of anilines is 1. The van der Waals surface area contributed by atoms with Crippen LogP contribution in [0.3, 0.4) is 0 Å². The number of aryl methyl sites for hydroxylation is 2. The average Bonchev–Trinajstić information content (AvgIpc) is 2.49. The highest BCUT2D eigenvalue weighted by Gasteiger charge is 2.18. The molecule has 0 radical (unpaired) electrons. The molecule has 0 bridgehead atoms. The number of halogens is 2. The Kier molecular flexibility index (Phi) is 3.92. The Morgan fingerprint density at radius 3 is 2.57 bits per heavy atom. The molecule has 21 heavy (non-hydrogen) atoms. The van der Waals surface area contributed by atoms with Crippen LogP contribution in [0.2, 0.25) is 5.02 Å². The van der Waals surface area contributed by atoms with Gasteiger partial charge in [0.2, 0.25) is 5.91 Å². The molecule has 1 atom stereocenters. The first-order chi connectivity index (χ1) is 10.0. The van der Waals surface area contributed by atoms with Crippen LogP contribution in [-0.2, 0) is 11.2 Å². The molecule has 2 aromatic carbocycles. The summed E-state index contributed by atoms with van der Waals surface area (Å²) < 4.78 is 0. The molecular weight excluding hydrogens is 305 g/mol. The van der Waals surface area contributed by atoms with Gasteiger partial charge >= 0.3 is 0 Å². The van der Waals surface area contributed by atoms with Crippen LogP contribution in [0.5, 0.6) is 0 Å². The molecule has 0 saturated carbocycles. The van der Waals surface area contributed by atoms with Crippen molar-refractivity contribution in [2.45, 2.75) is 25.1 Å². The van der Waals surface area contributed by atoms with Gasteiger partial charge in [-0.25, -0.2) is 0 Å². The number of alkyl halides is 1. The minimum Gasteiger partial charge on any atom is -0.326 e. The van der Waals surface area contributed by atoms with Crippen LogP contribution in [-0.4, -0.2) is 5.91 Å². The van der Waals surface area contributed by atoms with E-state index in [2.05, 4.69) is 11.4 Å². The first kappa shape index (κ1) is 14.4. The fraction of sp³-hybridized carbons (Fsp3) is 0.235. The van der Waals surface area contributed by atoms with Gasteiger partial charge in [-0.1, -0.05) is 35.9 Å². The quantitative estimate of drug-likeness (QED) is 0.787. The lowest BCUT2D eigenvalue weighted by Gasteiger charge is -2.19. The Morgan fingerprint density at radius 1 is 1.10 bits per heavy atom. The third-order valence-electron chi connectivity index (χ3n) is 3.79. The molecule has 1 N–H and O–H groups in total. The van der Waals surface area contributed by atoms with Crippen molar-refractivity contribution in [2.24, 2.45) is 0 Å². The molecule has 1 aliphatic heterocycles. The monoisotopic (exact) mass is 319 g/mol. The fourth-order valence-electron chi connectivity index (χ4n) is 2.58. The van der Waals surface area contributed by atoms with Crippen LogP contribution < -0.4 is 5.32 Å². The van der Waals surface area contributed by atoms with Crippen molar-refractivity contribution in [1.29, 1.82) is 0 Å². The lowest BCUT2D eigenvalue weighted by atomic mass is 9.96. The standard InChI is InChI=1S/C17H15Cl2NO/c1-10-8-12(2-5-14(10)18)17(19)13-3-6-15-11(9-13)4-7-16(21)20-15/h2-3,5-6,8-9,17H,4,7H2,1H3,(H,20,21). The van der Waals surface area contributed by atoms with Crippen molar-refractivity contribution in [2.75, 3.05) is 5.32 Å². The van der Waals surface area contributed by atoms with E-state index >= 15 is 0 Å². The number of nitrogens with one attached hydrogen (secondary N) is 1. The lowest BCUT2D eigenvalue weighted by molar-refractivity contribution is -0.116. The van der Waals surface area contributed by atoms with E-state index in [0.29, 0.717) is 6.42 Å². The third kappa shape index (κ3) is 2.92. The maximum absolute atomic E-state index is 11.4. The highest BCUT2D eigenvalue weighted by atomic mass is 35.5. The molecule has 0 fully saturated rings. The fourth-order valence-corrected chi connectivity index (χ4v) is 2.97. The van der Waals surface area contributed by atoms with Gasteiger partial charge < -0.3 is 5.32 Å². The number of benzene rings is 2. The topological polar surface area (TPSA) is 29.1 Å². The van der Waals surface area contributed by atoms with Crippen molar-refractivity contribution in [3.8, 4) is 0 Å². The molecule has 1 aliphatic rings. The van der Waals surface area contributed by atoms with Gasteiger partial charge in [0, 0.05) is 17.1 Å². The smallest absolute Gasteiger partial charge is 0.224 e. The van der Waals surface area contributed by atoms with E-state index in [1.807, 2.05) is 37.3 Å². The minimum atomic E-state index is -0.219. The van der Waals surface area contributed by atoms with Crippen molar-refractivity contribution < 1.29 is 4.79 Å². The lowest BCUT2D eigenvalue weighted by Crippen LogP contribution is -2.19. The molecule has 0 saturated heterocycles. The number of hydrogen-bond donors (Lipinski definition) is 1. The molecular formula is C17H15Cl2NO. The van der Waals surface area contributed by atoms with Crippen LogP contribution in [0, 0.1) is 6.92 Å². The summed E-state index contributed by atoms with van der Waals surface area (Å²) >= 11 is 12.7. The number of carbonyl (C=O) groups is 1. The van der Waals surface area contributed by atoms with E-state index in [-0.39, 0.29) is 11.3 Å². The summed E-state index contributed by atoms with van der Waals surface area (Å²) in [4.78, 5) is 11.4. The van der Waals surface area contributed by atoms with Gasteiger partial charge in [0.05, 0.1) is 5.38 Å². The Labute approximate surface area is 134 Å². The number of amides is 1. The van der Waals surface area contributed by atoms with Crippen molar-refractivity contribution in [3.63, 3.8) is 0 Å². The first-order valence-corrected chi connectivity index (χ1v) is 7.69. The van der Waals surface area contributed by atoms with E-state index in [0.717, 1.165) is 39.4 Å². The Morgan fingerprint density at radius 2 is 1.81 bits per heavy atom. The molecule has 1 amide bonds. The van der Waals surface area contributed by atoms with Gasteiger partial charge in [-0.3, -0.25) is 4.79 Å². The van der Waals surface area contributed by atoms with Crippen LogP contribution in [0.1, 0.15) is 34.1 Å². The Balaban J connectivity index is 1.93. The SMILES string of the molecule is Cc1cc(C(Cl)c2ccc3c(c2)CCC(=O)N3)ccc1Cl. The van der Waals surface area contributed by atoms with Gasteiger partial charge in [0.25, 0.3) is 0 Å². The molecule has 2 aromatic rings. The van der Waals surface area contributed by atoms with E-state index in [1.165, 1.54) is 0 Å². The summed E-state index contributed by atoms with van der Waals surface area (Å²) in [5.74, 6) is 0.0750. The molecule has 0 aromatic heterocycles. The van der Waals surface area contributed by atoms with E-state index in [4.69, 9.17) is 23.2 Å². The Hall–Kier alpha value is -1.51. The third-order valence-corrected chi connectivity index (χ3v) is 4.72. The summed E-state index contributed by atoms with van der Waals surface area (Å²) in [6, 6.07) is 11.8. The summed E-state index contributed by atoms with van der Waals surface area (Å²) in [6.45, 7) is 1.97. The summed E-state index contributed by atoms with van der Waals surface area (Å²) in [5.41, 5.74) is 5.12. The van der Waals surface area contributed by atoms with Gasteiger partial charge in [-0.05, 0) is 47.7 Å². The molecule has 4 heteroatoms. The highest BCUT2D eigenvalue weighted by molar-refractivity contribution is 6.31. The maximum Gasteiger partial charge on any atom is 0.224 e. The second-order valence-corrected chi connectivity index (χ2v) is 6.18. The largest absolute Gasteiger partial charge is 0.326 e. The van der Waals surface area contributed by atoms with Crippen LogP contribution in [0.25, 0.3) is 0 Å². The number of carbonyl (C=O) groups excluding carboxylic acids is 1. The van der Waals surface area contributed by atoms with Gasteiger partial charge in [-0.15, -0.1) is 11.6 Å². The molecule has 0 aliphatic carbocycles. The summed E-state index contributed by atoms with van der Waals surface area (Å²) in [5, 5.41) is 3.41. The van der Waals surface area contributed by atoms with Gasteiger partial charge in [0.1, 0.15) is 0 Å². The number of fused-ring (bicyclic) bond motifs is 1. The van der Waals surface area contributed by atoms with E-state index < -0.39 is 0 Å². The van der Waals surface area contributed by atoms with Crippen LogP contribution in [0.4, 0.5) is 5.69 Å². The predicted octanol–water partition coefficient (Wildman–Crippen LogP) is 4.86. The van der Waals surface area contributed by atoms with Crippen LogP contribution >= 0.6 is 23.2 Å². The van der Waals surface area contributed by atoms with Crippen molar-refractivity contribution in [3.05, 3.63) is 63.7 Å². The molecule has 1 heterocycles. The number of rotatable bonds is 2. The molecule has 2 nitrogen and oxygen atoms in total. The Bertz CT molecular complexity index is 712. The van der Waals surface area contributed by atoms with E-state index in [1.54, 1.807) is 0 Å². The highest BCUT2D eigenvalue weighted by Crippen LogP contribution is 2.34. The van der Waals surface area contributed by atoms with E-state index in [9.17, 15) is 4.79 Å². The summed E-state index contributed by atoms with van der Waals surface area (Å²) in [6.07, 6.45) is 1.29. The zero-order valence-electron chi connectivity index (χ0n) is 11.6. The second kappa shape index (κ2) is 5.70. The normalized spacial score (nSPS) is 15.3. The summed E-state index contributed by atoms with van der Waals surface area (Å²) in [7, 11) is 0. The zero-order valence-corrected chi connectivity index (χ0v) is 13.1. The molecule has 108 valence electrons. The molecule has 0 spiro atoms. The van der Waals surface area contributed by atoms with Crippen LogP contribution in [0.15, 0.2) is 36.4 Å². The van der Waals surface area contributed by atoms with Crippen molar-refractivity contribution >= 4 is 34.8 Å². The average molecular weight is 320 g/mol. The molecule has 3 rings (SSSR count). The number of hydrogen-bond acceptors (Lipinski definition) is 1. The molecule has 1 unspecified atom stereocenters. The minimum absolute atomic E-state index is 0.0750.